The third-order valence-electron chi connectivity index (χ3n) is 19.5. The van der Waals surface area contributed by atoms with Gasteiger partial charge in [0.15, 0.2) is 0 Å². The van der Waals surface area contributed by atoms with Crippen LogP contribution in [0.4, 0.5) is 0 Å². The molecule has 0 aromatic carbocycles. The van der Waals surface area contributed by atoms with E-state index in [1.807, 2.05) is 0 Å². The Hall–Kier alpha value is -1.06. The maximum Gasteiger partial charge on any atom is 3.00 e. The Morgan fingerprint density at radius 3 is 0.275 bits per heavy atom. The van der Waals surface area contributed by atoms with Crippen LogP contribution in [0.15, 0.2) is 0 Å². The quantitative estimate of drug-likeness (QED) is 0.0442. The fraction of sp³-hybridized carbons (Fsp3) is 0.964. The number of hydrogen-bond donors (Lipinski definition) is 0. The van der Waals surface area contributed by atoms with E-state index < -0.39 is 17.9 Å². The van der Waals surface area contributed by atoms with Crippen molar-refractivity contribution in [3.63, 3.8) is 0 Å². The molecule has 0 aromatic rings. The van der Waals surface area contributed by atoms with Crippen LogP contribution in [0.2, 0.25) is 0 Å². The first-order valence-electron chi connectivity index (χ1n) is 41.9. The fourth-order valence-corrected chi connectivity index (χ4v) is 13.2. The largest absolute Gasteiger partial charge is 3.00 e. The third kappa shape index (κ3) is 105. The van der Waals surface area contributed by atoms with E-state index in [0.29, 0.717) is 0 Å². The fourth-order valence-electron chi connectivity index (χ4n) is 13.2. The number of aliphatic carboxylic acids is 3. The van der Waals surface area contributed by atoms with Crippen LogP contribution in [0.5, 0.6) is 0 Å². The summed E-state index contributed by atoms with van der Waals surface area (Å²) in [6, 6.07) is 0. The van der Waals surface area contributed by atoms with E-state index in [1.54, 1.807) is 0 Å². The molecule has 0 radical (unpaired) electrons. The summed E-state index contributed by atoms with van der Waals surface area (Å²) in [7, 11) is 0. The second-order valence-corrected chi connectivity index (χ2v) is 28.8. The Morgan fingerprint density at radius 1 is 0.143 bits per heavy atom. The number of carbonyl (C=O) groups is 3. The van der Waals surface area contributed by atoms with Crippen LogP contribution >= 0.6 is 0 Å². The minimum Gasteiger partial charge on any atom is -0.550 e. The van der Waals surface area contributed by atoms with E-state index in [0.717, 1.165) is 38.5 Å². The first-order chi connectivity index (χ1) is 44.3. The van der Waals surface area contributed by atoms with Crippen LogP contribution in [0.3, 0.4) is 0 Å². The van der Waals surface area contributed by atoms with E-state index >= 15 is 0 Å². The van der Waals surface area contributed by atoms with Crippen molar-refractivity contribution >= 4 is 35.3 Å². The monoisotopic (exact) mass is 1300 g/mol. The van der Waals surface area contributed by atoms with Crippen LogP contribution < -0.4 is 15.3 Å². The molecular formula is C84H165AlO6. The van der Waals surface area contributed by atoms with Gasteiger partial charge in [0.25, 0.3) is 0 Å². The van der Waals surface area contributed by atoms with Crippen LogP contribution in [-0.4, -0.2) is 35.3 Å². The molecule has 0 bridgehead atoms. The molecule has 0 aliphatic heterocycles. The maximum absolute atomic E-state index is 10.3. The zero-order chi connectivity index (χ0) is 65.9. The zero-order valence-electron chi connectivity index (χ0n) is 62.7. The van der Waals surface area contributed by atoms with E-state index in [-0.39, 0.29) is 36.6 Å². The average Bonchev–Trinajstić information content (AvgIpc) is 3.53. The Kier molecular flexibility index (Phi) is 98.6. The van der Waals surface area contributed by atoms with Crippen molar-refractivity contribution in [2.45, 2.75) is 522 Å². The molecule has 0 fully saturated rings. The molecule has 0 atom stereocenters. The van der Waals surface area contributed by atoms with Crippen molar-refractivity contribution in [1.29, 1.82) is 0 Å². The van der Waals surface area contributed by atoms with E-state index in [1.165, 1.54) is 443 Å². The summed E-state index contributed by atoms with van der Waals surface area (Å²) in [4.78, 5) is 31.0. The molecular weight excluding hydrogens is 1130 g/mol. The summed E-state index contributed by atoms with van der Waals surface area (Å²) in [6.45, 7) is 6.88. The van der Waals surface area contributed by atoms with Gasteiger partial charge >= 0.3 is 17.4 Å². The predicted molar refractivity (Wildman–Crippen MR) is 398 cm³/mol. The first-order valence-corrected chi connectivity index (χ1v) is 41.9. The van der Waals surface area contributed by atoms with Gasteiger partial charge in [-0.3, -0.25) is 0 Å². The van der Waals surface area contributed by atoms with Crippen molar-refractivity contribution < 1.29 is 29.7 Å². The van der Waals surface area contributed by atoms with Gasteiger partial charge in [-0.1, -0.05) is 483 Å². The van der Waals surface area contributed by atoms with Gasteiger partial charge in [-0.2, -0.15) is 0 Å². The molecule has 0 rings (SSSR count). The maximum atomic E-state index is 10.3. The molecule has 0 saturated heterocycles. The molecule has 0 heterocycles. The number of carbonyl (C=O) groups excluding carboxylic acids is 3. The second-order valence-electron chi connectivity index (χ2n) is 28.8. The molecule has 0 saturated carbocycles. The van der Waals surface area contributed by atoms with Crippen molar-refractivity contribution in [3.8, 4) is 0 Å². The number of rotatable bonds is 78. The molecule has 0 aromatic heterocycles. The molecule has 0 spiro atoms. The Balaban J connectivity index is -0.000000620. The topological polar surface area (TPSA) is 120 Å². The minimum atomic E-state index is -0.899. The molecule has 6 nitrogen and oxygen atoms in total. The van der Waals surface area contributed by atoms with Crippen molar-refractivity contribution in [2.24, 2.45) is 0 Å². The number of carboxylic acid groups (broad SMARTS) is 3. The summed E-state index contributed by atoms with van der Waals surface area (Å²) in [6.07, 6.45) is 104. The number of hydrogen-bond acceptors (Lipinski definition) is 6. The van der Waals surface area contributed by atoms with Crippen molar-refractivity contribution in [3.05, 3.63) is 0 Å². The predicted octanol–water partition coefficient (Wildman–Crippen LogP) is 26.3. The summed E-state index contributed by atoms with van der Waals surface area (Å²) >= 11 is 0. The van der Waals surface area contributed by atoms with Crippen LogP contribution in [0, 0.1) is 0 Å². The third-order valence-corrected chi connectivity index (χ3v) is 19.5. The molecule has 540 valence electrons. The Morgan fingerprint density at radius 2 is 0.209 bits per heavy atom. The summed E-state index contributed by atoms with van der Waals surface area (Å²) in [5.74, 6) is -2.70. The first kappa shape index (κ1) is 96.3. The van der Waals surface area contributed by atoms with Crippen molar-refractivity contribution in [2.75, 3.05) is 0 Å². The molecule has 91 heavy (non-hydrogen) atoms. The summed E-state index contributed by atoms with van der Waals surface area (Å²) < 4.78 is 0. The number of carboxylic acids is 3. The van der Waals surface area contributed by atoms with Gasteiger partial charge in [0.05, 0.1) is 0 Å². The van der Waals surface area contributed by atoms with Gasteiger partial charge in [-0.05, 0) is 38.5 Å². The van der Waals surface area contributed by atoms with Crippen LogP contribution in [-0.2, 0) is 14.4 Å². The molecule has 7 heteroatoms. The SMILES string of the molecule is CCCCCCCCCCCCCCCCCCCCCCCCCCCC(=O)[O-].CCCCCCCCCCCCCCCCCCCCCCCCCCCC(=O)[O-].CCCCCCCCCCCCCCCCCCCCCCCCCCCC(=O)[O-].[Al+3]. The van der Waals surface area contributed by atoms with Crippen molar-refractivity contribution in [1.82, 2.24) is 0 Å². The van der Waals surface area contributed by atoms with E-state index in [4.69, 9.17) is 0 Å². The minimum absolute atomic E-state index is 0. The Labute approximate surface area is 583 Å². The smallest absolute Gasteiger partial charge is 0.550 e. The van der Waals surface area contributed by atoms with Gasteiger partial charge in [-0.15, -0.1) is 0 Å². The normalized spacial score (nSPS) is 11.1. The molecule has 0 aliphatic carbocycles. The molecule has 0 amide bonds. The average molecular weight is 1300 g/mol. The standard InChI is InChI=1S/3C28H56O2.Al/c3*1-2-3-4-5-6-7-8-9-10-11-12-13-14-15-16-17-18-19-20-21-22-23-24-25-26-27-28(29)30;/h3*2-27H2,1H3,(H,29,30);/q;;;+3/p-3. The summed E-state index contributed by atoms with van der Waals surface area (Å²) in [5.41, 5.74) is 0. The van der Waals surface area contributed by atoms with Gasteiger partial charge in [0.1, 0.15) is 0 Å². The van der Waals surface area contributed by atoms with Gasteiger partial charge < -0.3 is 29.7 Å². The second kappa shape index (κ2) is 93.1. The van der Waals surface area contributed by atoms with Gasteiger partial charge in [-0.25, -0.2) is 0 Å². The molecule has 0 N–H and O–H groups in total. The van der Waals surface area contributed by atoms with Crippen LogP contribution in [0.25, 0.3) is 0 Å². The Bertz CT molecular complexity index is 1140. The van der Waals surface area contributed by atoms with E-state index in [2.05, 4.69) is 20.8 Å². The molecule has 0 aliphatic rings. The van der Waals surface area contributed by atoms with Gasteiger partial charge in [0.2, 0.25) is 0 Å². The zero-order valence-corrected chi connectivity index (χ0v) is 63.8. The summed E-state index contributed by atoms with van der Waals surface area (Å²) in [5, 5.41) is 31.0. The van der Waals surface area contributed by atoms with E-state index in [9.17, 15) is 29.7 Å². The number of unbranched alkanes of at least 4 members (excludes halogenated alkanes) is 72. The van der Waals surface area contributed by atoms with Crippen LogP contribution in [0.1, 0.15) is 522 Å². The van der Waals surface area contributed by atoms with Gasteiger partial charge in [0, 0.05) is 17.9 Å². The molecule has 0 unspecified atom stereocenters.